The number of non-ortho nitro benzene ring substituents is 1. The fourth-order valence-corrected chi connectivity index (χ4v) is 3.28. The second-order valence-corrected chi connectivity index (χ2v) is 6.23. The highest BCUT2D eigenvalue weighted by molar-refractivity contribution is 6.32. The lowest BCUT2D eigenvalue weighted by Gasteiger charge is -2.17. The second kappa shape index (κ2) is 5.97. The molecule has 0 aromatic heterocycles. The summed E-state index contributed by atoms with van der Waals surface area (Å²) in [6.07, 6.45) is -1.10. The molecule has 2 aromatic carbocycles. The van der Waals surface area contributed by atoms with Gasteiger partial charge in [-0.25, -0.2) is 9.29 Å². The number of imide groups is 1. The van der Waals surface area contributed by atoms with Gasteiger partial charge in [-0.15, -0.1) is 0 Å². The van der Waals surface area contributed by atoms with Gasteiger partial charge in [0.1, 0.15) is 17.4 Å². The molecule has 2 atom stereocenters. The van der Waals surface area contributed by atoms with Crippen molar-refractivity contribution in [2.24, 2.45) is 11.1 Å². The van der Waals surface area contributed by atoms with Crippen molar-refractivity contribution in [1.82, 2.24) is 0 Å². The predicted octanol–water partition coefficient (Wildman–Crippen LogP) is 2.33. The first-order valence-corrected chi connectivity index (χ1v) is 8.01. The molecule has 8 nitrogen and oxygen atoms in total. The highest BCUT2D eigenvalue weighted by atomic mass is 19.1. The number of nitro benzene ring substituents is 1. The number of hydrogen-bond donors (Lipinski definition) is 0. The third kappa shape index (κ3) is 2.55. The summed E-state index contributed by atoms with van der Waals surface area (Å²) in [4.78, 5) is 42.2. The van der Waals surface area contributed by atoms with E-state index in [1.807, 2.05) is 0 Å². The average Bonchev–Trinajstić information content (AvgIpc) is 3.17. The summed E-state index contributed by atoms with van der Waals surface area (Å²) < 4.78 is 13.1. The van der Waals surface area contributed by atoms with Crippen LogP contribution in [0.2, 0.25) is 0 Å². The maximum Gasteiger partial charge on any atom is 0.278 e. The monoisotopic (exact) mass is 369 g/mol. The molecule has 2 aliphatic rings. The zero-order valence-corrected chi connectivity index (χ0v) is 14.0. The van der Waals surface area contributed by atoms with Crippen molar-refractivity contribution in [3.8, 4) is 0 Å². The van der Waals surface area contributed by atoms with Gasteiger partial charge in [0.2, 0.25) is 12.0 Å². The zero-order chi connectivity index (χ0) is 19.3. The summed E-state index contributed by atoms with van der Waals surface area (Å²) in [5.41, 5.74) is 1.26. The summed E-state index contributed by atoms with van der Waals surface area (Å²) >= 11 is 0. The maximum atomic E-state index is 13.1. The van der Waals surface area contributed by atoms with Gasteiger partial charge in [0, 0.05) is 17.7 Å². The van der Waals surface area contributed by atoms with Crippen LogP contribution in [0.3, 0.4) is 0 Å². The van der Waals surface area contributed by atoms with Crippen molar-refractivity contribution in [3.63, 3.8) is 0 Å². The number of amides is 2. The summed E-state index contributed by atoms with van der Waals surface area (Å²) in [7, 11) is 0. The molecule has 0 radical (unpaired) electrons. The molecule has 2 aliphatic heterocycles. The van der Waals surface area contributed by atoms with Gasteiger partial charge in [0.25, 0.3) is 11.6 Å². The average molecular weight is 369 g/mol. The van der Waals surface area contributed by atoms with Crippen molar-refractivity contribution >= 4 is 28.9 Å². The lowest BCUT2D eigenvalue weighted by Crippen LogP contribution is -2.33. The molecular weight excluding hydrogens is 357 g/mol. The van der Waals surface area contributed by atoms with E-state index in [0.29, 0.717) is 11.1 Å². The molecule has 9 heteroatoms. The van der Waals surface area contributed by atoms with E-state index in [2.05, 4.69) is 5.16 Å². The molecular formula is C18H12FN3O5. The Labute approximate surface area is 152 Å². The van der Waals surface area contributed by atoms with Gasteiger partial charge in [0.05, 0.1) is 10.6 Å². The summed E-state index contributed by atoms with van der Waals surface area (Å²) in [5.74, 6) is -2.52. The zero-order valence-electron chi connectivity index (χ0n) is 14.0. The van der Waals surface area contributed by atoms with Crippen molar-refractivity contribution in [2.45, 2.75) is 13.0 Å². The molecule has 0 spiro atoms. The minimum atomic E-state index is -1.10. The lowest BCUT2D eigenvalue weighted by atomic mass is 9.94. The fourth-order valence-electron chi connectivity index (χ4n) is 3.28. The number of rotatable bonds is 3. The van der Waals surface area contributed by atoms with Crippen LogP contribution in [0.4, 0.5) is 15.8 Å². The second-order valence-electron chi connectivity index (χ2n) is 6.23. The Bertz CT molecular complexity index is 1020. The van der Waals surface area contributed by atoms with E-state index in [4.69, 9.17) is 4.84 Å². The Morgan fingerprint density at radius 1 is 1.15 bits per heavy atom. The molecule has 27 heavy (non-hydrogen) atoms. The molecule has 2 heterocycles. The van der Waals surface area contributed by atoms with E-state index in [0.717, 1.165) is 4.90 Å². The molecule has 136 valence electrons. The smallest absolute Gasteiger partial charge is 0.278 e. The van der Waals surface area contributed by atoms with Crippen molar-refractivity contribution in [3.05, 3.63) is 69.5 Å². The van der Waals surface area contributed by atoms with E-state index < -0.39 is 34.6 Å². The van der Waals surface area contributed by atoms with Crippen molar-refractivity contribution < 1.29 is 23.7 Å². The van der Waals surface area contributed by atoms with Crippen LogP contribution in [-0.4, -0.2) is 28.6 Å². The van der Waals surface area contributed by atoms with Crippen LogP contribution in [-0.2, 0) is 14.4 Å². The summed E-state index contributed by atoms with van der Waals surface area (Å²) in [6.45, 7) is 1.58. The third-order valence-corrected chi connectivity index (χ3v) is 4.58. The van der Waals surface area contributed by atoms with Gasteiger partial charge in [0.15, 0.2) is 0 Å². The molecule has 0 aliphatic carbocycles. The number of hydrogen-bond acceptors (Lipinski definition) is 6. The molecule has 0 unspecified atom stereocenters. The van der Waals surface area contributed by atoms with Crippen LogP contribution >= 0.6 is 0 Å². The highest BCUT2D eigenvalue weighted by Crippen LogP contribution is 2.37. The van der Waals surface area contributed by atoms with Crippen LogP contribution in [0.25, 0.3) is 0 Å². The van der Waals surface area contributed by atoms with E-state index in [-0.39, 0.29) is 17.1 Å². The Kier molecular flexibility index (Phi) is 3.72. The van der Waals surface area contributed by atoms with Gasteiger partial charge >= 0.3 is 0 Å². The van der Waals surface area contributed by atoms with Crippen LogP contribution in [0.15, 0.2) is 47.6 Å². The Morgan fingerprint density at radius 3 is 2.48 bits per heavy atom. The Hall–Kier alpha value is -3.62. The summed E-state index contributed by atoms with van der Waals surface area (Å²) in [5, 5.41) is 14.7. The molecule has 0 saturated carbocycles. The number of halogens is 1. The number of carbonyl (C=O) groups is 2. The lowest BCUT2D eigenvalue weighted by molar-refractivity contribution is -0.384. The van der Waals surface area contributed by atoms with Crippen LogP contribution in [0.1, 0.15) is 11.1 Å². The van der Waals surface area contributed by atoms with E-state index in [1.165, 1.54) is 42.5 Å². The van der Waals surface area contributed by atoms with Gasteiger partial charge in [-0.3, -0.25) is 19.7 Å². The van der Waals surface area contributed by atoms with Crippen molar-refractivity contribution in [1.29, 1.82) is 0 Å². The van der Waals surface area contributed by atoms with Gasteiger partial charge < -0.3 is 4.84 Å². The number of carbonyl (C=O) groups excluding carboxylic acids is 2. The highest BCUT2D eigenvalue weighted by Gasteiger charge is 2.56. The van der Waals surface area contributed by atoms with E-state index in [9.17, 15) is 24.1 Å². The minimum Gasteiger partial charge on any atom is -0.381 e. The number of benzene rings is 2. The standard InChI is InChI=1S/C18H12FN3O5/c1-9-8-12(22(25)26)6-7-13(9)21-17(23)14-15(20-27-16(14)18(21)24)10-2-4-11(19)5-3-10/h2-8,14,16H,1H3/t14-,16-/m1/s1. The molecule has 4 rings (SSSR count). The first-order valence-electron chi connectivity index (χ1n) is 8.01. The Morgan fingerprint density at radius 2 is 1.85 bits per heavy atom. The number of nitro groups is 1. The maximum absolute atomic E-state index is 13.1. The van der Waals surface area contributed by atoms with Crippen molar-refractivity contribution in [2.75, 3.05) is 4.90 Å². The number of anilines is 1. The van der Waals surface area contributed by atoms with Crippen LogP contribution in [0, 0.1) is 28.8 Å². The quantitative estimate of drug-likeness (QED) is 0.469. The topological polar surface area (TPSA) is 102 Å². The number of nitrogens with zero attached hydrogens (tertiary/aromatic N) is 3. The normalized spacial score (nSPS) is 21.1. The Balaban J connectivity index is 1.70. The van der Waals surface area contributed by atoms with Crippen LogP contribution < -0.4 is 4.90 Å². The SMILES string of the molecule is Cc1cc([N+](=O)[O-])ccc1N1C(=O)[C@@H]2C(c3ccc(F)cc3)=NO[C@H]2C1=O. The van der Waals surface area contributed by atoms with E-state index in [1.54, 1.807) is 6.92 Å². The minimum absolute atomic E-state index is 0.139. The fraction of sp³-hybridized carbons (Fsp3) is 0.167. The van der Waals surface area contributed by atoms with Gasteiger partial charge in [-0.05, 0) is 30.7 Å². The first kappa shape index (κ1) is 16.8. The molecule has 0 N–H and O–H groups in total. The summed E-state index contributed by atoms with van der Waals surface area (Å²) in [6, 6.07) is 9.25. The third-order valence-electron chi connectivity index (χ3n) is 4.58. The molecule has 2 amide bonds. The number of aryl methyl sites for hydroxylation is 1. The first-order chi connectivity index (χ1) is 12.9. The van der Waals surface area contributed by atoms with Crippen LogP contribution in [0.5, 0.6) is 0 Å². The molecule has 0 bridgehead atoms. The largest absolute Gasteiger partial charge is 0.381 e. The number of oxime groups is 1. The van der Waals surface area contributed by atoms with E-state index >= 15 is 0 Å². The molecule has 1 fully saturated rings. The number of fused-ring (bicyclic) bond motifs is 1. The van der Waals surface area contributed by atoms with Gasteiger partial charge in [-0.1, -0.05) is 17.3 Å². The molecule has 2 aromatic rings. The van der Waals surface area contributed by atoms with Gasteiger partial charge in [-0.2, -0.15) is 0 Å². The molecule has 1 saturated heterocycles. The predicted molar refractivity (Wildman–Crippen MR) is 91.6 cm³/mol.